The fourth-order valence-electron chi connectivity index (χ4n) is 1.57. The average molecular weight is 301 g/mol. The highest BCUT2D eigenvalue weighted by Gasteiger charge is 2.28. The second kappa shape index (κ2) is 5.38. The fraction of sp³-hybridized carbons (Fsp3) is 0.538. The van der Waals surface area contributed by atoms with Crippen LogP contribution in [0.2, 0.25) is 0 Å². The molecule has 0 radical (unpaired) electrons. The summed E-state index contributed by atoms with van der Waals surface area (Å²) in [4.78, 5) is 0. The molecule has 3 nitrogen and oxygen atoms in total. The molecule has 1 heterocycles. The fourth-order valence-corrected chi connectivity index (χ4v) is 1.83. The lowest BCUT2D eigenvalue weighted by Gasteiger charge is -2.34. The van der Waals surface area contributed by atoms with Gasteiger partial charge in [-0.2, -0.15) is 0 Å². The molecular formula is C13H17BrO3. The number of hydrogen-bond acceptors (Lipinski definition) is 3. The Labute approximate surface area is 110 Å². The molecule has 0 bridgehead atoms. The molecule has 0 N–H and O–H groups in total. The minimum Gasteiger partial charge on any atom is -0.493 e. The number of ether oxygens (including phenoxy) is 3. The molecule has 0 atom stereocenters. The van der Waals surface area contributed by atoms with E-state index in [1.165, 1.54) is 0 Å². The van der Waals surface area contributed by atoms with Crippen molar-refractivity contribution in [1.82, 2.24) is 0 Å². The van der Waals surface area contributed by atoms with E-state index >= 15 is 0 Å². The molecule has 0 saturated carbocycles. The summed E-state index contributed by atoms with van der Waals surface area (Å²) in [7, 11) is 0. The molecule has 4 heteroatoms. The zero-order chi connectivity index (χ0) is 12.3. The van der Waals surface area contributed by atoms with Gasteiger partial charge in [0, 0.05) is 10.4 Å². The molecule has 94 valence electrons. The third-order valence-electron chi connectivity index (χ3n) is 2.63. The number of benzene rings is 1. The van der Waals surface area contributed by atoms with Crippen molar-refractivity contribution in [3.8, 4) is 5.75 Å². The van der Waals surface area contributed by atoms with Crippen LogP contribution in [0.15, 0.2) is 28.7 Å². The Morgan fingerprint density at radius 3 is 2.41 bits per heavy atom. The zero-order valence-corrected chi connectivity index (χ0v) is 11.7. The molecule has 2 rings (SSSR count). The summed E-state index contributed by atoms with van der Waals surface area (Å²) in [6.45, 7) is 5.85. The molecule has 0 spiro atoms. The topological polar surface area (TPSA) is 27.7 Å². The van der Waals surface area contributed by atoms with Crippen molar-refractivity contribution in [3.63, 3.8) is 0 Å². The van der Waals surface area contributed by atoms with E-state index in [-0.39, 0.29) is 0 Å². The Morgan fingerprint density at radius 2 is 1.82 bits per heavy atom. The van der Waals surface area contributed by atoms with Gasteiger partial charge in [0.2, 0.25) is 0 Å². The standard InChI is InChI=1S/C13H17BrO3/c1-13(2)16-8-10(9-17-13)7-15-12-5-3-11(14)4-6-12/h3-6,10H,7-9H2,1-2H3. The molecule has 1 aliphatic rings. The van der Waals surface area contributed by atoms with Crippen molar-refractivity contribution in [2.45, 2.75) is 19.6 Å². The lowest BCUT2D eigenvalue weighted by Crippen LogP contribution is -2.41. The van der Waals surface area contributed by atoms with Crippen LogP contribution in [0.1, 0.15) is 13.8 Å². The minimum atomic E-state index is -0.450. The summed E-state index contributed by atoms with van der Waals surface area (Å²) in [6, 6.07) is 7.82. The van der Waals surface area contributed by atoms with Crippen LogP contribution >= 0.6 is 15.9 Å². The van der Waals surface area contributed by atoms with E-state index in [9.17, 15) is 0 Å². The van der Waals surface area contributed by atoms with E-state index in [1.807, 2.05) is 38.1 Å². The molecule has 1 aromatic carbocycles. The second-order valence-electron chi connectivity index (χ2n) is 4.65. The normalized spacial score (nSPS) is 20.2. The summed E-state index contributed by atoms with van der Waals surface area (Å²) in [6.07, 6.45) is 0. The highest BCUT2D eigenvalue weighted by atomic mass is 79.9. The Bertz CT molecular complexity index is 351. The van der Waals surface area contributed by atoms with Gasteiger partial charge in [-0.3, -0.25) is 0 Å². The van der Waals surface area contributed by atoms with Gasteiger partial charge in [0.25, 0.3) is 0 Å². The Kier molecular flexibility index (Phi) is 4.07. The quantitative estimate of drug-likeness (QED) is 0.858. The molecule has 0 aromatic heterocycles. The van der Waals surface area contributed by atoms with E-state index < -0.39 is 5.79 Å². The molecule has 0 aliphatic carbocycles. The first-order valence-electron chi connectivity index (χ1n) is 5.71. The summed E-state index contributed by atoms with van der Waals surface area (Å²) in [5, 5.41) is 0. The van der Waals surface area contributed by atoms with Crippen LogP contribution in [-0.2, 0) is 9.47 Å². The summed E-state index contributed by atoms with van der Waals surface area (Å²) in [5.74, 6) is 0.721. The molecule has 0 unspecified atom stereocenters. The van der Waals surface area contributed by atoms with Crippen LogP contribution in [0.5, 0.6) is 5.75 Å². The number of rotatable bonds is 3. The number of halogens is 1. The monoisotopic (exact) mass is 300 g/mol. The van der Waals surface area contributed by atoms with Crippen molar-refractivity contribution >= 4 is 15.9 Å². The summed E-state index contributed by atoms with van der Waals surface area (Å²) in [5.41, 5.74) is 0. The largest absolute Gasteiger partial charge is 0.493 e. The molecular weight excluding hydrogens is 284 g/mol. The molecule has 1 aliphatic heterocycles. The first kappa shape index (κ1) is 12.9. The Hall–Kier alpha value is -0.580. The van der Waals surface area contributed by atoms with Crippen LogP contribution in [-0.4, -0.2) is 25.6 Å². The van der Waals surface area contributed by atoms with Crippen LogP contribution in [0.3, 0.4) is 0 Å². The van der Waals surface area contributed by atoms with E-state index in [2.05, 4.69) is 15.9 Å². The van der Waals surface area contributed by atoms with Crippen molar-refractivity contribution < 1.29 is 14.2 Å². The van der Waals surface area contributed by atoms with Gasteiger partial charge in [-0.05, 0) is 38.1 Å². The van der Waals surface area contributed by atoms with Crippen molar-refractivity contribution in [2.75, 3.05) is 19.8 Å². The van der Waals surface area contributed by atoms with E-state index in [0.717, 1.165) is 10.2 Å². The van der Waals surface area contributed by atoms with E-state index in [1.54, 1.807) is 0 Å². The van der Waals surface area contributed by atoms with Crippen molar-refractivity contribution in [1.29, 1.82) is 0 Å². The van der Waals surface area contributed by atoms with E-state index in [0.29, 0.717) is 25.7 Å². The van der Waals surface area contributed by atoms with Gasteiger partial charge in [-0.25, -0.2) is 0 Å². The lowest BCUT2D eigenvalue weighted by molar-refractivity contribution is -0.264. The van der Waals surface area contributed by atoms with Gasteiger partial charge in [-0.1, -0.05) is 15.9 Å². The predicted molar refractivity (Wildman–Crippen MR) is 69.1 cm³/mol. The Balaban J connectivity index is 1.78. The van der Waals surface area contributed by atoms with Crippen LogP contribution in [0, 0.1) is 5.92 Å². The van der Waals surface area contributed by atoms with Crippen molar-refractivity contribution in [3.05, 3.63) is 28.7 Å². The average Bonchev–Trinajstić information content (AvgIpc) is 2.30. The van der Waals surface area contributed by atoms with Gasteiger partial charge in [-0.15, -0.1) is 0 Å². The third kappa shape index (κ3) is 3.98. The lowest BCUT2D eigenvalue weighted by atomic mass is 10.1. The van der Waals surface area contributed by atoms with Crippen LogP contribution in [0.4, 0.5) is 0 Å². The van der Waals surface area contributed by atoms with E-state index in [4.69, 9.17) is 14.2 Å². The zero-order valence-electron chi connectivity index (χ0n) is 10.1. The second-order valence-corrected chi connectivity index (χ2v) is 5.57. The van der Waals surface area contributed by atoms with Gasteiger partial charge in [0.15, 0.2) is 5.79 Å². The minimum absolute atomic E-state index is 0.298. The van der Waals surface area contributed by atoms with Gasteiger partial charge < -0.3 is 14.2 Å². The van der Waals surface area contributed by atoms with Crippen molar-refractivity contribution in [2.24, 2.45) is 5.92 Å². The maximum absolute atomic E-state index is 5.69. The molecule has 0 amide bonds. The third-order valence-corrected chi connectivity index (χ3v) is 3.16. The predicted octanol–water partition coefficient (Wildman–Crippen LogP) is 3.23. The highest BCUT2D eigenvalue weighted by molar-refractivity contribution is 9.10. The maximum atomic E-state index is 5.69. The SMILES string of the molecule is CC1(C)OCC(COc2ccc(Br)cc2)CO1. The highest BCUT2D eigenvalue weighted by Crippen LogP contribution is 2.22. The van der Waals surface area contributed by atoms with Gasteiger partial charge in [0.1, 0.15) is 5.75 Å². The van der Waals surface area contributed by atoms with Crippen LogP contribution < -0.4 is 4.74 Å². The maximum Gasteiger partial charge on any atom is 0.162 e. The van der Waals surface area contributed by atoms with Gasteiger partial charge >= 0.3 is 0 Å². The molecule has 17 heavy (non-hydrogen) atoms. The van der Waals surface area contributed by atoms with Gasteiger partial charge in [0.05, 0.1) is 19.8 Å². The molecule has 1 fully saturated rings. The first-order chi connectivity index (χ1) is 8.05. The van der Waals surface area contributed by atoms with Crippen LogP contribution in [0.25, 0.3) is 0 Å². The smallest absolute Gasteiger partial charge is 0.162 e. The summed E-state index contributed by atoms with van der Waals surface area (Å²) < 4.78 is 17.9. The summed E-state index contributed by atoms with van der Waals surface area (Å²) >= 11 is 3.39. The Morgan fingerprint density at radius 1 is 1.24 bits per heavy atom. The molecule has 1 saturated heterocycles. The molecule has 1 aromatic rings. The number of hydrogen-bond donors (Lipinski definition) is 0. The first-order valence-corrected chi connectivity index (χ1v) is 6.51.